The van der Waals surface area contributed by atoms with Crippen LogP contribution in [0.1, 0.15) is 11.1 Å². The third-order valence-corrected chi connectivity index (χ3v) is 5.51. The van der Waals surface area contributed by atoms with E-state index in [0.29, 0.717) is 27.6 Å². The molecule has 0 atom stereocenters. The highest BCUT2D eigenvalue weighted by Crippen LogP contribution is 2.29. The van der Waals surface area contributed by atoms with E-state index in [9.17, 15) is 8.78 Å². The SMILES string of the molecule is Cc1cccc2cc(CSc3nc4ccc(OC(F)F)cc4[nH]3)c3nnnn3c12. The minimum Gasteiger partial charge on any atom is -0.435 e. The third-order valence-electron chi connectivity index (χ3n) is 4.59. The summed E-state index contributed by atoms with van der Waals surface area (Å²) < 4.78 is 31.0. The highest BCUT2D eigenvalue weighted by Gasteiger charge is 2.13. The van der Waals surface area contributed by atoms with Crippen molar-refractivity contribution in [2.24, 2.45) is 0 Å². The van der Waals surface area contributed by atoms with Crippen LogP contribution in [0.15, 0.2) is 47.6 Å². The Balaban J connectivity index is 1.46. The predicted octanol–water partition coefficient (Wildman–Crippen LogP) is 4.36. The molecule has 0 unspecified atom stereocenters. The molecule has 5 aromatic rings. The van der Waals surface area contributed by atoms with E-state index >= 15 is 0 Å². The molecule has 10 heteroatoms. The number of alkyl halides is 2. The van der Waals surface area contributed by atoms with Crippen LogP contribution in [-0.2, 0) is 5.75 Å². The standard InChI is InChI=1S/C19H14F2N6OS/c1-10-3-2-4-11-7-12(17-24-25-26-27(17)16(10)11)9-29-19-22-14-6-5-13(28-18(20)21)8-15(14)23-19/h2-8,18H,9H2,1H3,(H,22,23). The Bertz CT molecular complexity index is 1350. The molecular weight excluding hydrogens is 398 g/mol. The summed E-state index contributed by atoms with van der Waals surface area (Å²) in [5, 5.41) is 13.9. The van der Waals surface area contributed by atoms with Crippen molar-refractivity contribution < 1.29 is 13.5 Å². The number of aromatic nitrogens is 6. The number of rotatable bonds is 5. The molecule has 0 saturated carbocycles. The van der Waals surface area contributed by atoms with Gasteiger partial charge in [-0.1, -0.05) is 30.0 Å². The number of halogens is 2. The fourth-order valence-corrected chi connectivity index (χ4v) is 4.19. The quantitative estimate of drug-likeness (QED) is 0.432. The monoisotopic (exact) mass is 412 g/mol. The van der Waals surface area contributed by atoms with Crippen LogP contribution in [0.4, 0.5) is 8.78 Å². The maximum absolute atomic E-state index is 12.4. The van der Waals surface area contributed by atoms with Crippen LogP contribution in [0.5, 0.6) is 5.75 Å². The fourth-order valence-electron chi connectivity index (χ4n) is 3.34. The van der Waals surface area contributed by atoms with Gasteiger partial charge in [0.1, 0.15) is 5.75 Å². The summed E-state index contributed by atoms with van der Waals surface area (Å²) in [5.74, 6) is 0.683. The van der Waals surface area contributed by atoms with Gasteiger partial charge in [-0.2, -0.15) is 13.3 Å². The van der Waals surface area contributed by atoms with E-state index in [0.717, 1.165) is 22.0 Å². The predicted molar refractivity (Wildman–Crippen MR) is 105 cm³/mol. The van der Waals surface area contributed by atoms with Gasteiger partial charge in [0, 0.05) is 22.8 Å². The number of H-pyrrole nitrogens is 1. The van der Waals surface area contributed by atoms with Gasteiger partial charge in [0.15, 0.2) is 10.8 Å². The van der Waals surface area contributed by atoms with Gasteiger partial charge in [0.25, 0.3) is 0 Å². The summed E-state index contributed by atoms with van der Waals surface area (Å²) in [7, 11) is 0. The normalized spacial score (nSPS) is 11.9. The van der Waals surface area contributed by atoms with Crippen molar-refractivity contribution in [2.75, 3.05) is 0 Å². The summed E-state index contributed by atoms with van der Waals surface area (Å²) in [6.45, 7) is -0.835. The maximum atomic E-state index is 12.4. The molecule has 0 fully saturated rings. The van der Waals surface area contributed by atoms with E-state index in [1.54, 1.807) is 10.6 Å². The van der Waals surface area contributed by atoms with Crippen molar-refractivity contribution in [1.82, 2.24) is 30.0 Å². The summed E-state index contributed by atoms with van der Waals surface area (Å²) in [6, 6.07) is 12.8. The first-order valence-electron chi connectivity index (χ1n) is 8.75. The number of ether oxygens (including phenoxy) is 1. The van der Waals surface area contributed by atoms with Crippen LogP contribution in [0.25, 0.3) is 27.6 Å². The fraction of sp³-hybridized carbons (Fsp3) is 0.158. The Hall–Kier alpha value is -3.27. The van der Waals surface area contributed by atoms with Gasteiger partial charge in [0.2, 0.25) is 0 Å². The van der Waals surface area contributed by atoms with E-state index < -0.39 is 6.61 Å². The van der Waals surface area contributed by atoms with E-state index in [2.05, 4.69) is 36.3 Å². The van der Waals surface area contributed by atoms with Crippen molar-refractivity contribution in [3.63, 3.8) is 0 Å². The van der Waals surface area contributed by atoms with Crippen LogP contribution >= 0.6 is 11.8 Å². The van der Waals surface area contributed by atoms with Gasteiger partial charge >= 0.3 is 6.61 Å². The number of fused-ring (bicyclic) bond motifs is 4. The van der Waals surface area contributed by atoms with Gasteiger partial charge in [-0.05, 0) is 41.1 Å². The zero-order chi connectivity index (χ0) is 20.0. The Morgan fingerprint density at radius 1 is 1.21 bits per heavy atom. The number of benzene rings is 2. The molecule has 1 N–H and O–H groups in total. The van der Waals surface area contributed by atoms with Crippen molar-refractivity contribution in [3.8, 4) is 5.75 Å². The Labute approximate surface area is 167 Å². The summed E-state index contributed by atoms with van der Waals surface area (Å²) in [4.78, 5) is 7.63. The third kappa shape index (κ3) is 3.25. The number of imidazole rings is 1. The molecule has 2 aromatic carbocycles. The zero-order valence-corrected chi connectivity index (χ0v) is 16.0. The van der Waals surface area contributed by atoms with Crippen LogP contribution in [-0.4, -0.2) is 36.6 Å². The lowest BCUT2D eigenvalue weighted by Gasteiger charge is -2.07. The molecular formula is C19H14F2N6OS. The van der Waals surface area contributed by atoms with Gasteiger partial charge in [-0.15, -0.1) is 5.10 Å². The molecule has 0 aliphatic rings. The van der Waals surface area contributed by atoms with Crippen molar-refractivity contribution >= 4 is 39.3 Å². The highest BCUT2D eigenvalue weighted by atomic mass is 32.2. The van der Waals surface area contributed by atoms with Crippen molar-refractivity contribution in [2.45, 2.75) is 24.4 Å². The first-order valence-corrected chi connectivity index (χ1v) is 9.74. The lowest BCUT2D eigenvalue weighted by molar-refractivity contribution is -0.0497. The second kappa shape index (κ2) is 6.96. The Kier molecular flexibility index (Phi) is 4.27. The molecule has 0 saturated heterocycles. The van der Waals surface area contributed by atoms with Crippen LogP contribution in [0.3, 0.4) is 0 Å². The number of hydrogen-bond acceptors (Lipinski definition) is 6. The van der Waals surface area contributed by atoms with Gasteiger partial charge in [-0.25, -0.2) is 4.98 Å². The lowest BCUT2D eigenvalue weighted by atomic mass is 10.1. The second-order valence-corrected chi connectivity index (χ2v) is 7.45. The Morgan fingerprint density at radius 2 is 2.10 bits per heavy atom. The molecule has 0 aliphatic heterocycles. The topological polar surface area (TPSA) is 81.0 Å². The first kappa shape index (κ1) is 17.8. The summed E-state index contributed by atoms with van der Waals surface area (Å²) >= 11 is 1.49. The molecule has 5 rings (SSSR count). The molecule has 0 amide bonds. The highest BCUT2D eigenvalue weighted by molar-refractivity contribution is 7.98. The number of nitrogens with zero attached hydrogens (tertiary/aromatic N) is 5. The van der Waals surface area contributed by atoms with Gasteiger partial charge < -0.3 is 9.72 Å². The van der Waals surface area contributed by atoms with E-state index in [4.69, 9.17) is 0 Å². The van der Waals surface area contributed by atoms with Crippen LogP contribution < -0.4 is 4.74 Å². The van der Waals surface area contributed by atoms with Crippen molar-refractivity contribution in [3.05, 3.63) is 53.6 Å². The summed E-state index contributed by atoms with van der Waals surface area (Å²) in [6.07, 6.45) is 0. The molecule has 3 heterocycles. The summed E-state index contributed by atoms with van der Waals surface area (Å²) in [5.41, 5.74) is 5.06. The number of aryl methyl sites for hydroxylation is 1. The largest absolute Gasteiger partial charge is 0.435 e. The minimum atomic E-state index is -2.86. The number of thioether (sulfide) groups is 1. The number of tetrazole rings is 1. The minimum absolute atomic E-state index is 0.0915. The number of para-hydroxylation sites is 1. The first-order chi connectivity index (χ1) is 14.1. The number of hydrogen-bond donors (Lipinski definition) is 1. The molecule has 0 spiro atoms. The average molecular weight is 412 g/mol. The lowest BCUT2D eigenvalue weighted by Crippen LogP contribution is -2.01. The average Bonchev–Trinajstić information content (AvgIpc) is 3.32. The number of aromatic amines is 1. The van der Waals surface area contributed by atoms with Gasteiger partial charge in [0.05, 0.1) is 16.6 Å². The Morgan fingerprint density at radius 3 is 2.97 bits per heavy atom. The molecule has 146 valence electrons. The number of pyridine rings is 1. The van der Waals surface area contributed by atoms with Crippen LogP contribution in [0, 0.1) is 6.92 Å². The molecule has 29 heavy (non-hydrogen) atoms. The molecule has 7 nitrogen and oxygen atoms in total. The second-order valence-electron chi connectivity index (χ2n) is 6.48. The molecule has 0 aliphatic carbocycles. The van der Waals surface area contributed by atoms with Crippen LogP contribution in [0.2, 0.25) is 0 Å². The van der Waals surface area contributed by atoms with Gasteiger partial charge in [-0.3, -0.25) is 0 Å². The molecule has 0 radical (unpaired) electrons. The maximum Gasteiger partial charge on any atom is 0.387 e. The van der Waals surface area contributed by atoms with Crippen molar-refractivity contribution in [1.29, 1.82) is 0 Å². The molecule has 0 bridgehead atoms. The van der Waals surface area contributed by atoms with E-state index in [-0.39, 0.29) is 5.75 Å². The number of nitrogens with one attached hydrogen (secondary N) is 1. The molecule has 3 aromatic heterocycles. The smallest absolute Gasteiger partial charge is 0.387 e. The van der Waals surface area contributed by atoms with E-state index in [1.165, 1.54) is 23.9 Å². The zero-order valence-electron chi connectivity index (χ0n) is 15.1. The van der Waals surface area contributed by atoms with E-state index in [1.807, 2.05) is 25.1 Å².